The quantitative estimate of drug-likeness (QED) is 0.839. The third-order valence-electron chi connectivity index (χ3n) is 3.71. The molecule has 0 aliphatic carbocycles. The van der Waals surface area contributed by atoms with E-state index < -0.39 is 0 Å². The van der Waals surface area contributed by atoms with Gasteiger partial charge in [0.2, 0.25) is 5.76 Å². The number of aromatic nitrogens is 1. The lowest BCUT2D eigenvalue weighted by atomic mass is 9.93. The van der Waals surface area contributed by atoms with Crippen molar-refractivity contribution < 1.29 is 9.32 Å². The first-order valence-electron chi connectivity index (χ1n) is 7.26. The maximum absolute atomic E-state index is 12.3. The molecule has 1 aromatic heterocycles. The summed E-state index contributed by atoms with van der Waals surface area (Å²) < 4.78 is 5.21. The topological polar surface area (TPSA) is 72.4 Å². The molecule has 1 rings (SSSR count). The highest BCUT2D eigenvalue weighted by atomic mass is 35.5. The number of carbonyl (C=O) groups excluding carboxylic acids is 1. The molecule has 0 aromatic carbocycles. The maximum atomic E-state index is 12.3. The molecule has 1 heterocycles. The molecule has 1 amide bonds. The average molecular weight is 318 g/mol. The second kappa shape index (κ2) is 8.39. The zero-order valence-electron chi connectivity index (χ0n) is 13.7. The van der Waals surface area contributed by atoms with Crippen molar-refractivity contribution in [1.29, 1.82) is 0 Å². The Hall–Kier alpha value is -1.07. The molecule has 0 spiro atoms. The summed E-state index contributed by atoms with van der Waals surface area (Å²) in [6.07, 6.45) is 1.99. The van der Waals surface area contributed by atoms with Crippen LogP contribution in [0.15, 0.2) is 10.6 Å². The number of carbonyl (C=O) groups is 1. The van der Waals surface area contributed by atoms with Crippen molar-refractivity contribution in [1.82, 2.24) is 10.1 Å². The molecule has 0 fully saturated rings. The highest BCUT2D eigenvalue weighted by Gasteiger charge is 2.25. The van der Waals surface area contributed by atoms with Gasteiger partial charge in [-0.1, -0.05) is 32.9 Å². The summed E-state index contributed by atoms with van der Waals surface area (Å²) in [6, 6.07) is 1.77. The molecule has 0 radical (unpaired) electrons. The van der Waals surface area contributed by atoms with Gasteiger partial charge in [-0.15, -0.1) is 12.4 Å². The van der Waals surface area contributed by atoms with E-state index >= 15 is 0 Å². The van der Waals surface area contributed by atoms with Crippen molar-refractivity contribution in [3.8, 4) is 0 Å². The summed E-state index contributed by atoms with van der Waals surface area (Å²) >= 11 is 0. The third-order valence-corrected chi connectivity index (χ3v) is 3.71. The van der Waals surface area contributed by atoms with Crippen LogP contribution in [0.1, 0.15) is 62.7 Å². The van der Waals surface area contributed by atoms with Gasteiger partial charge in [-0.3, -0.25) is 4.79 Å². The van der Waals surface area contributed by atoms with Gasteiger partial charge in [-0.2, -0.15) is 0 Å². The van der Waals surface area contributed by atoms with Gasteiger partial charge in [0.05, 0.1) is 5.69 Å². The van der Waals surface area contributed by atoms with Crippen molar-refractivity contribution in [3.05, 3.63) is 17.5 Å². The predicted octanol–water partition coefficient (Wildman–Crippen LogP) is 3.06. The highest BCUT2D eigenvalue weighted by molar-refractivity contribution is 5.91. The molecule has 0 unspecified atom stereocenters. The second-order valence-corrected chi connectivity index (χ2v) is 6.16. The summed E-state index contributed by atoms with van der Waals surface area (Å²) in [4.78, 5) is 13.9. The lowest BCUT2D eigenvalue weighted by Crippen LogP contribution is -2.39. The fraction of sp³-hybridized carbons (Fsp3) is 0.733. The van der Waals surface area contributed by atoms with Crippen LogP contribution in [-0.2, 0) is 0 Å². The number of hydrogen-bond donors (Lipinski definition) is 1. The normalized spacial score (nSPS) is 11.4. The smallest absolute Gasteiger partial charge is 0.292 e. The Morgan fingerprint density at radius 1 is 1.43 bits per heavy atom. The van der Waals surface area contributed by atoms with Crippen LogP contribution in [0.5, 0.6) is 0 Å². The largest absolute Gasteiger partial charge is 0.351 e. The van der Waals surface area contributed by atoms with Crippen molar-refractivity contribution in [2.24, 2.45) is 11.1 Å². The van der Waals surface area contributed by atoms with Crippen LogP contribution in [-0.4, -0.2) is 36.1 Å². The molecule has 0 atom stereocenters. The van der Waals surface area contributed by atoms with Gasteiger partial charge < -0.3 is 15.2 Å². The molecule has 0 saturated carbocycles. The minimum atomic E-state index is -0.142. The summed E-state index contributed by atoms with van der Waals surface area (Å²) in [5.74, 6) is 0.518. The van der Waals surface area contributed by atoms with Gasteiger partial charge in [-0.05, 0) is 24.8 Å². The molecule has 2 N–H and O–H groups in total. The number of hydrogen-bond acceptors (Lipinski definition) is 4. The van der Waals surface area contributed by atoms with E-state index in [9.17, 15) is 4.79 Å². The first kappa shape index (κ1) is 19.9. The van der Waals surface area contributed by atoms with Crippen LogP contribution in [0.4, 0.5) is 0 Å². The Morgan fingerprint density at radius 2 is 2.00 bits per heavy atom. The van der Waals surface area contributed by atoms with Crippen molar-refractivity contribution in [3.63, 3.8) is 0 Å². The SMILES string of the molecule is CCC(CC)c1cc(C(=O)N(C)CC(C)(C)CN)on1.Cl. The Morgan fingerprint density at radius 3 is 2.48 bits per heavy atom. The van der Waals surface area contributed by atoms with E-state index in [2.05, 4.69) is 19.0 Å². The second-order valence-electron chi connectivity index (χ2n) is 6.16. The van der Waals surface area contributed by atoms with Crippen LogP contribution < -0.4 is 5.73 Å². The lowest BCUT2D eigenvalue weighted by molar-refractivity contribution is 0.0699. The van der Waals surface area contributed by atoms with E-state index in [0.29, 0.717) is 24.8 Å². The van der Waals surface area contributed by atoms with Crippen molar-refractivity contribution in [2.45, 2.75) is 46.5 Å². The Labute approximate surface area is 133 Å². The summed E-state index contributed by atoms with van der Waals surface area (Å²) in [7, 11) is 1.76. The van der Waals surface area contributed by atoms with Gasteiger partial charge in [-0.25, -0.2) is 0 Å². The molecular weight excluding hydrogens is 290 g/mol. The minimum Gasteiger partial charge on any atom is -0.351 e. The van der Waals surface area contributed by atoms with E-state index in [1.807, 2.05) is 13.8 Å². The van der Waals surface area contributed by atoms with Gasteiger partial charge in [0.25, 0.3) is 5.91 Å². The Balaban J connectivity index is 0.00000400. The molecule has 6 heteroatoms. The zero-order chi connectivity index (χ0) is 15.3. The third kappa shape index (κ3) is 5.32. The Kier molecular flexibility index (Phi) is 7.96. The van der Waals surface area contributed by atoms with Crippen LogP contribution in [0.25, 0.3) is 0 Å². The van der Waals surface area contributed by atoms with Crippen LogP contribution in [0, 0.1) is 5.41 Å². The molecule has 21 heavy (non-hydrogen) atoms. The molecule has 0 bridgehead atoms. The van der Waals surface area contributed by atoms with Crippen LogP contribution >= 0.6 is 12.4 Å². The van der Waals surface area contributed by atoms with E-state index in [4.69, 9.17) is 10.3 Å². The monoisotopic (exact) mass is 317 g/mol. The molecule has 5 nitrogen and oxygen atoms in total. The number of nitrogens with zero attached hydrogens (tertiary/aromatic N) is 2. The number of nitrogens with two attached hydrogens (primary N) is 1. The first-order chi connectivity index (χ1) is 9.34. The van der Waals surface area contributed by atoms with Gasteiger partial charge in [0.1, 0.15) is 0 Å². The van der Waals surface area contributed by atoms with E-state index in [0.717, 1.165) is 18.5 Å². The van der Waals surface area contributed by atoms with Crippen LogP contribution in [0.2, 0.25) is 0 Å². The van der Waals surface area contributed by atoms with Gasteiger partial charge in [0.15, 0.2) is 0 Å². The fourth-order valence-corrected chi connectivity index (χ4v) is 2.26. The molecule has 0 aliphatic heterocycles. The number of halogens is 1. The average Bonchev–Trinajstić information content (AvgIpc) is 2.88. The van der Waals surface area contributed by atoms with E-state index in [1.165, 1.54) is 0 Å². The predicted molar refractivity (Wildman–Crippen MR) is 86.9 cm³/mol. The summed E-state index contributed by atoms with van der Waals surface area (Å²) in [5, 5.41) is 4.03. The van der Waals surface area contributed by atoms with E-state index in [1.54, 1.807) is 18.0 Å². The molecular formula is C15H28ClN3O2. The number of rotatable bonds is 7. The van der Waals surface area contributed by atoms with Crippen molar-refractivity contribution >= 4 is 18.3 Å². The van der Waals surface area contributed by atoms with Gasteiger partial charge in [0, 0.05) is 25.6 Å². The standard InChI is InChI=1S/C15H27N3O2.ClH/c1-6-11(7-2)12-8-13(20-17-12)14(19)18(5)10-15(3,4)9-16;/h8,11H,6-7,9-10,16H2,1-5H3;1H. The minimum absolute atomic E-state index is 0. The lowest BCUT2D eigenvalue weighted by Gasteiger charge is -2.28. The molecule has 1 aromatic rings. The van der Waals surface area contributed by atoms with Crippen LogP contribution in [0.3, 0.4) is 0 Å². The van der Waals surface area contributed by atoms with Gasteiger partial charge >= 0.3 is 0 Å². The highest BCUT2D eigenvalue weighted by Crippen LogP contribution is 2.23. The Bertz CT molecular complexity index is 442. The van der Waals surface area contributed by atoms with Crippen molar-refractivity contribution in [2.75, 3.05) is 20.1 Å². The molecule has 122 valence electrons. The zero-order valence-corrected chi connectivity index (χ0v) is 14.5. The summed E-state index contributed by atoms with van der Waals surface area (Å²) in [6.45, 7) is 9.41. The maximum Gasteiger partial charge on any atom is 0.292 e. The first-order valence-corrected chi connectivity index (χ1v) is 7.26. The number of amides is 1. The fourth-order valence-electron chi connectivity index (χ4n) is 2.26. The molecule has 0 saturated heterocycles. The summed E-state index contributed by atoms with van der Waals surface area (Å²) in [5.41, 5.74) is 6.46. The van der Waals surface area contributed by atoms with E-state index in [-0.39, 0.29) is 23.7 Å². The molecule has 0 aliphatic rings.